The van der Waals surface area contributed by atoms with Crippen molar-refractivity contribution in [3.8, 4) is 5.75 Å². The maximum absolute atomic E-state index is 5.76. The van der Waals surface area contributed by atoms with Gasteiger partial charge in [0.25, 0.3) is 0 Å². The van der Waals surface area contributed by atoms with Crippen LogP contribution in [0.25, 0.3) is 0 Å². The molecular weight excluding hydrogens is 258 g/mol. The second kappa shape index (κ2) is 5.24. The molecule has 0 spiro atoms. The molecular formula is C15H19NO4. The van der Waals surface area contributed by atoms with Crippen molar-refractivity contribution in [2.24, 2.45) is 0 Å². The summed E-state index contributed by atoms with van der Waals surface area (Å²) in [6.45, 7) is 4.87. The third-order valence-electron chi connectivity index (χ3n) is 3.85. The lowest BCUT2D eigenvalue weighted by Gasteiger charge is -2.38. The number of benzene rings is 1. The third-order valence-corrected chi connectivity index (χ3v) is 3.85. The number of rotatable bonds is 7. The van der Waals surface area contributed by atoms with E-state index in [2.05, 4.69) is 17.0 Å². The van der Waals surface area contributed by atoms with Gasteiger partial charge in [-0.1, -0.05) is 6.07 Å². The Morgan fingerprint density at radius 3 is 2.55 bits per heavy atom. The average Bonchev–Trinajstić information content (AvgIpc) is 3.28. The van der Waals surface area contributed by atoms with Crippen LogP contribution < -0.4 is 9.64 Å². The first kappa shape index (κ1) is 12.4. The van der Waals surface area contributed by atoms with E-state index in [1.165, 1.54) is 5.69 Å². The molecule has 3 fully saturated rings. The van der Waals surface area contributed by atoms with Gasteiger partial charge in [-0.2, -0.15) is 0 Å². The van der Waals surface area contributed by atoms with E-state index in [4.69, 9.17) is 18.9 Å². The topological polar surface area (TPSA) is 46.8 Å². The second-order valence-corrected chi connectivity index (χ2v) is 5.56. The van der Waals surface area contributed by atoms with Crippen LogP contribution in [0.3, 0.4) is 0 Å². The number of nitrogens with zero attached hydrogens (tertiary/aromatic N) is 1. The molecule has 108 valence electrons. The fourth-order valence-corrected chi connectivity index (χ4v) is 2.37. The predicted octanol–water partition coefficient (Wildman–Crippen LogP) is 1.07. The van der Waals surface area contributed by atoms with Crippen molar-refractivity contribution in [2.45, 2.75) is 18.2 Å². The van der Waals surface area contributed by atoms with E-state index in [1.54, 1.807) is 0 Å². The summed E-state index contributed by atoms with van der Waals surface area (Å²) in [5, 5.41) is 0. The van der Waals surface area contributed by atoms with Crippen LogP contribution in [-0.4, -0.2) is 57.8 Å². The molecule has 1 aromatic carbocycles. The number of ether oxygens (including phenoxy) is 4. The van der Waals surface area contributed by atoms with Gasteiger partial charge in [0.15, 0.2) is 0 Å². The summed E-state index contributed by atoms with van der Waals surface area (Å²) in [6, 6.07) is 8.72. The molecule has 0 bridgehead atoms. The summed E-state index contributed by atoms with van der Waals surface area (Å²) in [4.78, 5) is 2.38. The second-order valence-electron chi connectivity index (χ2n) is 5.56. The molecule has 3 saturated heterocycles. The van der Waals surface area contributed by atoms with Crippen LogP contribution in [0.1, 0.15) is 0 Å². The standard InChI is InChI=1S/C15H19NO4/c1-2-11(4-13(3-1)18-9-15-10-20-15)16(5-14-8-19-14)12-6-17-7-12/h1-4,12,14-15H,5-10H2. The molecule has 3 heterocycles. The minimum atomic E-state index is 0.287. The monoisotopic (exact) mass is 277 g/mol. The molecule has 3 aliphatic rings. The lowest BCUT2D eigenvalue weighted by molar-refractivity contribution is 0.00763. The fraction of sp³-hybridized carbons (Fsp3) is 0.600. The van der Waals surface area contributed by atoms with Crippen molar-refractivity contribution >= 4 is 5.69 Å². The molecule has 5 heteroatoms. The highest BCUT2D eigenvalue weighted by atomic mass is 16.6. The zero-order valence-corrected chi connectivity index (χ0v) is 11.4. The van der Waals surface area contributed by atoms with Crippen molar-refractivity contribution < 1.29 is 18.9 Å². The van der Waals surface area contributed by atoms with Gasteiger partial charge in [0, 0.05) is 18.3 Å². The van der Waals surface area contributed by atoms with Gasteiger partial charge in [-0.15, -0.1) is 0 Å². The van der Waals surface area contributed by atoms with Gasteiger partial charge in [-0.3, -0.25) is 0 Å². The molecule has 1 aromatic rings. The normalized spacial score (nSPS) is 27.8. The van der Waals surface area contributed by atoms with E-state index in [1.807, 2.05) is 12.1 Å². The Morgan fingerprint density at radius 2 is 1.90 bits per heavy atom. The largest absolute Gasteiger partial charge is 0.491 e. The van der Waals surface area contributed by atoms with Gasteiger partial charge in [0.05, 0.1) is 38.6 Å². The molecule has 0 aromatic heterocycles. The number of hydrogen-bond donors (Lipinski definition) is 0. The summed E-state index contributed by atoms with van der Waals surface area (Å²) >= 11 is 0. The van der Waals surface area contributed by atoms with Gasteiger partial charge < -0.3 is 23.8 Å². The van der Waals surface area contributed by atoms with E-state index >= 15 is 0 Å². The summed E-state index contributed by atoms with van der Waals surface area (Å²) in [7, 11) is 0. The molecule has 0 amide bonds. The molecule has 5 nitrogen and oxygen atoms in total. The molecule has 20 heavy (non-hydrogen) atoms. The molecule has 2 unspecified atom stereocenters. The first-order chi connectivity index (χ1) is 9.88. The van der Waals surface area contributed by atoms with Crippen LogP contribution in [0.4, 0.5) is 5.69 Å². The Morgan fingerprint density at radius 1 is 1.10 bits per heavy atom. The van der Waals surface area contributed by atoms with Crippen molar-refractivity contribution in [2.75, 3.05) is 44.5 Å². The van der Waals surface area contributed by atoms with E-state index in [0.29, 0.717) is 18.8 Å². The van der Waals surface area contributed by atoms with E-state index in [0.717, 1.165) is 38.7 Å². The van der Waals surface area contributed by atoms with Crippen molar-refractivity contribution in [3.63, 3.8) is 0 Å². The SMILES string of the molecule is c1cc(OCC2CO2)cc(N(CC2CO2)C2COC2)c1. The van der Waals surface area contributed by atoms with Gasteiger partial charge in [0.1, 0.15) is 18.5 Å². The van der Waals surface area contributed by atoms with E-state index in [9.17, 15) is 0 Å². The zero-order valence-electron chi connectivity index (χ0n) is 11.4. The molecule has 4 rings (SSSR count). The van der Waals surface area contributed by atoms with Crippen LogP contribution in [0, 0.1) is 0 Å². The Hall–Kier alpha value is -1.30. The minimum absolute atomic E-state index is 0.287. The van der Waals surface area contributed by atoms with E-state index < -0.39 is 0 Å². The summed E-state index contributed by atoms with van der Waals surface area (Å²) in [6.07, 6.45) is 0.662. The average molecular weight is 277 g/mol. The van der Waals surface area contributed by atoms with Crippen molar-refractivity contribution in [3.05, 3.63) is 24.3 Å². The van der Waals surface area contributed by atoms with Crippen LogP contribution in [-0.2, 0) is 14.2 Å². The van der Waals surface area contributed by atoms with Crippen molar-refractivity contribution in [1.29, 1.82) is 0 Å². The van der Waals surface area contributed by atoms with Crippen LogP contribution in [0.5, 0.6) is 5.75 Å². The Kier molecular flexibility index (Phi) is 3.26. The highest BCUT2D eigenvalue weighted by Gasteiger charge is 2.33. The first-order valence-electron chi connectivity index (χ1n) is 7.19. The highest BCUT2D eigenvalue weighted by molar-refractivity contribution is 5.52. The summed E-state index contributed by atoms with van der Waals surface area (Å²) in [5.41, 5.74) is 1.18. The Bertz CT molecular complexity index is 469. The van der Waals surface area contributed by atoms with Crippen LogP contribution in [0.2, 0.25) is 0 Å². The number of hydrogen-bond acceptors (Lipinski definition) is 5. The van der Waals surface area contributed by atoms with Crippen molar-refractivity contribution in [1.82, 2.24) is 0 Å². The fourth-order valence-electron chi connectivity index (χ4n) is 2.37. The van der Waals surface area contributed by atoms with Gasteiger partial charge in [-0.25, -0.2) is 0 Å². The van der Waals surface area contributed by atoms with Gasteiger partial charge >= 0.3 is 0 Å². The predicted molar refractivity (Wildman–Crippen MR) is 73.4 cm³/mol. The Balaban J connectivity index is 1.46. The number of epoxide rings is 2. The maximum Gasteiger partial charge on any atom is 0.121 e. The quantitative estimate of drug-likeness (QED) is 0.698. The number of anilines is 1. The van der Waals surface area contributed by atoms with Crippen LogP contribution in [0.15, 0.2) is 24.3 Å². The molecule has 0 N–H and O–H groups in total. The minimum Gasteiger partial charge on any atom is -0.491 e. The first-order valence-corrected chi connectivity index (χ1v) is 7.19. The molecule has 2 atom stereocenters. The zero-order chi connectivity index (χ0) is 13.4. The Labute approximate surface area is 118 Å². The van der Waals surface area contributed by atoms with E-state index in [-0.39, 0.29) is 6.10 Å². The lowest BCUT2D eigenvalue weighted by Crippen LogP contribution is -2.50. The summed E-state index contributed by atoms with van der Waals surface area (Å²) in [5.74, 6) is 0.903. The maximum atomic E-state index is 5.76. The summed E-state index contributed by atoms with van der Waals surface area (Å²) < 4.78 is 21.6. The smallest absolute Gasteiger partial charge is 0.121 e. The highest BCUT2D eigenvalue weighted by Crippen LogP contribution is 2.28. The lowest BCUT2D eigenvalue weighted by atomic mass is 10.1. The van der Waals surface area contributed by atoms with Gasteiger partial charge in [-0.05, 0) is 12.1 Å². The molecule has 0 aliphatic carbocycles. The molecule has 3 aliphatic heterocycles. The third kappa shape index (κ3) is 2.90. The molecule has 0 saturated carbocycles. The van der Waals surface area contributed by atoms with Crippen LogP contribution >= 0.6 is 0 Å². The molecule has 0 radical (unpaired) electrons. The van der Waals surface area contributed by atoms with Gasteiger partial charge in [0.2, 0.25) is 0 Å².